The van der Waals surface area contributed by atoms with Crippen molar-refractivity contribution in [3.63, 3.8) is 0 Å². The van der Waals surface area contributed by atoms with Gasteiger partial charge in [0.05, 0.1) is 24.5 Å². The van der Waals surface area contributed by atoms with Gasteiger partial charge in [0.1, 0.15) is 6.29 Å². The number of ether oxygens (including phenoxy) is 1. The molecule has 0 aromatic carbocycles. The first-order valence-electron chi connectivity index (χ1n) is 8.80. The Kier molecular flexibility index (Phi) is 7.18. The van der Waals surface area contributed by atoms with E-state index in [9.17, 15) is 18.0 Å². The van der Waals surface area contributed by atoms with Crippen molar-refractivity contribution in [1.29, 1.82) is 0 Å². The summed E-state index contributed by atoms with van der Waals surface area (Å²) in [6, 6.07) is 0. The van der Waals surface area contributed by atoms with Crippen molar-refractivity contribution >= 4 is 22.2 Å². The summed E-state index contributed by atoms with van der Waals surface area (Å²) in [6.07, 6.45) is 5.93. The second-order valence-corrected chi connectivity index (χ2v) is 8.60. The van der Waals surface area contributed by atoms with Crippen LogP contribution in [0.2, 0.25) is 0 Å². The molecule has 0 aromatic heterocycles. The second kappa shape index (κ2) is 8.92. The summed E-state index contributed by atoms with van der Waals surface area (Å²) >= 11 is 0. The Labute approximate surface area is 143 Å². The molecule has 0 radical (unpaired) electrons. The molecule has 7 nitrogen and oxygen atoms in total. The molecular weight excluding hydrogens is 332 g/mol. The highest BCUT2D eigenvalue weighted by Gasteiger charge is 2.48. The van der Waals surface area contributed by atoms with Crippen LogP contribution >= 0.6 is 0 Å². The number of hydrogen-bond acceptors (Lipinski definition) is 5. The zero-order valence-corrected chi connectivity index (χ0v) is 15.0. The van der Waals surface area contributed by atoms with Crippen LogP contribution in [-0.4, -0.2) is 51.7 Å². The standard InChI is InChI=1S/C16H28N2O5S/c1-2-3-4-9-24(21,22)18-11-16(20)17-10-13-12(7-8-19)14-5-6-15(13)23-14/h8,12-15,18H,2-7,9-11H2,1H3,(H,17,20)/t12-,13+,14-,15+/m0/s1. The van der Waals surface area contributed by atoms with Crippen molar-refractivity contribution in [3.05, 3.63) is 0 Å². The third-order valence-electron chi connectivity index (χ3n) is 4.96. The average Bonchev–Trinajstić information content (AvgIpc) is 3.13. The maximum absolute atomic E-state index is 11.9. The summed E-state index contributed by atoms with van der Waals surface area (Å²) in [5, 5.41) is 2.78. The number of fused-ring (bicyclic) bond motifs is 2. The molecule has 2 fully saturated rings. The van der Waals surface area contributed by atoms with Crippen molar-refractivity contribution in [2.24, 2.45) is 11.8 Å². The van der Waals surface area contributed by atoms with Gasteiger partial charge in [-0.2, -0.15) is 0 Å². The molecule has 2 rings (SSSR count). The zero-order chi connectivity index (χ0) is 17.6. The molecule has 0 unspecified atom stereocenters. The van der Waals surface area contributed by atoms with E-state index in [1.807, 2.05) is 6.92 Å². The van der Waals surface area contributed by atoms with Gasteiger partial charge in [0.2, 0.25) is 15.9 Å². The number of nitrogens with one attached hydrogen (secondary N) is 2. The number of sulfonamides is 1. The molecule has 0 saturated carbocycles. The first-order valence-corrected chi connectivity index (χ1v) is 10.4. The lowest BCUT2D eigenvalue weighted by atomic mass is 9.78. The summed E-state index contributed by atoms with van der Waals surface area (Å²) in [4.78, 5) is 22.7. The van der Waals surface area contributed by atoms with E-state index in [4.69, 9.17) is 4.74 Å². The van der Waals surface area contributed by atoms with Crippen molar-refractivity contribution < 1.29 is 22.7 Å². The Bertz CT molecular complexity index is 537. The molecule has 0 spiro atoms. The molecule has 2 N–H and O–H groups in total. The number of hydrogen-bond donors (Lipinski definition) is 2. The fourth-order valence-electron chi connectivity index (χ4n) is 3.67. The van der Waals surface area contributed by atoms with Gasteiger partial charge >= 0.3 is 0 Å². The van der Waals surface area contributed by atoms with Crippen molar-refractivity contribution in [3.8, 4) is 0 Å². The van der Waals surface area contributed by atoms with E-state index in [1.165, 1.54) is 0 Å². The summed E-state index contributed by atoms with van der Waals surface area (Å²) in [5.41, 5.74) is 0. The SMILES string of the molecule is CCCCCS(=O)(=O)NCC(=O)NC[C@@H]1[C@H](CC=O)[C@@H]2CC[C@H]1O2. The molecule has 0 aromatic rings. The zero-order valence-electron chi connectivity index (χ0n) is 14.2. The van der Waals surface area contributed by atoms with Gasteiger partial charge in [-0.05, 0) is 25.2 Å². The summed E-state index contributed by atoms with van der Waals surface area (Å²) in [5.74, 6) is 0.00323. The van der Waals surface area contributed by atoms with Gasteiger partial charge in [-0.1, -0.05) is 19.8 Å². The van der Waals surface area contributed by atoms with E-state index in [1.54, 1.807) is 0 Å². The van der Waals surface area contributed by atoms with Crippen LogP contribution in [0.15, 0.2) is 0 Å². The van der Waals surface area contributed by atoms with Crippen LogP contribution < -0.4 is 10.0 Å². The fourth-order valence-corrected chi connectivity index (χ4v) is 4.75. The van der Waals surface area contributed by atoms with Gasteiger partial charge in [-0.15, -0.1) is 0 Å². The van der Waals surface area contributed by atoms with Crippen molar-refractivity contribution in [1.82, 2.24) is 10.0 Å². The van der Waals surface area contributed by atoms with E-state index in [0.29, 0.717) is 19.4 Å². The molecule has 2 aliphatic heterocycles. The minimum atomic E-state index is -3.40. The molecule has 1 amide bonds. The predicted molar refractivity (Wildman–Crippen MR) is 89.9 cm³/mol. The fraction of sp³-hybridized carbons (Fsp3) is 0.875. The van der Waals surface area contributed by atoms with E-state index in [0.717, 1.165) is 32.0 Å². The van der Waals surface area contributed by atoms with Gasteiger partial charge in [-0.3, -0.25) is 4.79 Å². The highest BCUT2D eigenvalue weighted by Crippen LogP contribution is 2.44. The Morgan fingerprint density at radius 1 is 1.21 bits per heavy atom. The highest BCUT2D eigenvalue weighted by molar-refractivity contribution is 7.89. The predicted octanol–water partition coefficient (Wildman–Crippen LogP) is 0.595. The number of rotatable bonds is 11. The molecule has 2 heterocycles. The van der Waals surface area contributed by atoms with E-state index >= 15 is 0 Å². The third-order valence-corrected chi connectivity index (χ3v) is 6.37. The molecule has 24 heavy (non-hydrogen) atoms. The second-order valence-electron chi connectivity index (χ2n) is 6.67. The van der Waals surface area contributed by atoms with Crippen LogP contribution in [-0.2, 0) is 24.3 Å². The molecule has 0 aliphatic carbocycles. The number of aldehydes is 1. The van der Waals surface area contributed by atoms with Gasteiger partial charge in [0.15, 0.2) is 0 Å². The first-order chi connectivity index (χ1) is 11.5. The van der Waals surface area contributed by atoms with E-state index in [-0.39, 0.29) is 42.2 Å². The van der Waals surface area contributed by atoms with Crippen LogP contribution in [0.5, 0.6) is 0 Å². The van der Waals surface area contributed by atoms with Crippen molar-refractivity contribution in [2.45, 2.75) is 57.7 Å². The molecule has 138 valence electrons. The maximum Gasteiger partial charge on any atom is 0.235 e. The summed E-state index contributed by atoms with van der Waals surface area (Å²) in [7, 11) is -3.40. The quantitative estimate of drug-likeness (QED) is 0.415. The van der Waals surface area contributed by atoms with Gasteiger partial charge in [0.25, 0.3) is 0 Å². The molecule has 2 bridgehead atoms. The van der Waals surface area contributed by atoms with Gasteiger partial charge in [-0.25, -0.2) is 13.1 Å². The maximum atomic E-state index is 11.9. The molecule has 4 atom stereocenters. The minimum Gasteiger partial charge on any atom is -0.374 e. The Hall–Kier alpha value is -0.990. The van der Waals surface area contributed by atoms with Gasteiger partial charge in [0, 0.05) is 18.9 Å². The summed E-state index contributed by atoms with van der Waals surface area (Å²) in [6.45, 7) is 2.19. The lowest BCUT2D eigenvalue weighted by molar-refractivity contribution is -0.120. The lowest BCUT2D eigenvalue weighted by Gasteiger charge is -2.26. The minimum absolute atomic E-state index is 0.0513. The highest BCUT2D eigenvalue weighted by atomic mass is 32.2. The van der Waals surface area contributed by atoms with E-state index in [2.05, 4.69) is 10.0 Å². The van der Waals surface area contributed by atoms with E-state index < -0.39 is 10.0 Å². The first kappa shape index (κ1) is 19.3. The Balaban J connectivity index is 1.72. The van der Waals surface area contributed by atoms with Crippen LogP contribution in [0.4, 0.5) is 0 Å². The Morgan fingerprint density at radius 3 is 2.58 bits per heavy atom. The average molecular weight is 360 g/mol. The Morgan fingerprint density at radius 2 is 1.92 bits per heavy atom. The van der Waals surface area contributed by atoms with Crippen molar-refractivity contribution in [2.75, 3.05) is 18.8 Å². The molecule has 2 aliphatic rings. The molecule has 2 saturated heterocycles. The van der Waals surface area contributed by atoms with Crippen LogP contribution in [0, 0.1) is 11.8 Å². The largest absolute Gasteiger partial charge is 0.374 e. The number of carbonyl (C=O) groups excluding carboxylic acids is 2. The lowest BCUT2D eigenvalue weighted by Crippen LogP contribution is -2.42. The number of unbranched alkanes of at least 4 members (excludes halogenated alkanes) is 2. The smallest absolute Gasteiger partial charge is 0.235 e. The normalized spacial score (nSPS) is 28.9. The summed E-state index contributed by atoms with van der Waals surface area (Å²) < 4.78 is 31.7. The number of carbonyl (C=O) groups is 2. The molecule has 8 heteroatoms. The van der Waals surface area contributed by atoms with Gasteiger partial charge < -0.3 is 14.8 Å². The van der Waals surface area contributed by atoms with Crippen LogP contribution in [0.3, 0.4) is 0 Å². The molecular formula is C16H28N2O5S. The monoisotopic (exact) mass is 360 g/mol. The topological polar surface area (TPSA) is 102 Å². The van der Waals surface area contributed by atoms with Crippen LogP contribution in [0.25, 0.3) is 0 Å². The number of amides is 1. The van der Waals surface area contributed by atoms with Crippen LogP contribution in [0.1, 0.15) is 45.4 Å². The third kappa shape index (κ3) is 5.26.